The minimum absolute atomic E-state index is 0.207. The molecule has 8 atom stereocenters. The van der Waals surface area contributed by atoms with E-state index in [0.717, 1.165) is 58.0 Å². The summed E-state index contributed by atoms with van der Waals surface area (Å²) in [5.41, 5.74) is 3.06. The first-order valence-corrected chi connectivity index (χ1v) is 11.7. The predicted molar refractivity (Wildman–Crippen MR) is 112 cm³/mol. The molecule has 0 bridgehead atoms. The summed E-state index contributed by atoms with van der Waals surface area (Å²) >= 11 is 0. The van der Waals surface area contributed by atoms with E-state index in [0.29, 0.717) is 37.3 Å². The Hall–Kier alpha value is -0.690. The van der Waals surface area contributed by atoms with Crippen molar-refractivity contribution in [3.63, 3.8) is 0 Å². The molecule has 0 saturated heterocycles. The smallest absolute Gasteiger partial charge is 0.111 e. The van der Waals surface area contributed by atoms with E-state index in [1.165, 1.54) is 6.21 Å². The number of ether oxygens (including phenoxy) is 1. The molecule has 0 aromatic rings. The van der Waals surface area contributed by atoms with Gasteiger partial charge in [-0.15, -0.1) is 0 Å². The van der Waals surface area contributed by atoms with Crippen LogP contribution in [0.4, 0.5) is 0 Å². The Bertz CT molecular complexity index is 644. The first-order valence-electron chi connectivity index (χ1n) is 11.7. The molecule has 0 spiro atoms. The number of fused-ring (bicyclic) bond motifs is 5. The maximum absolute atomic E-state index is 12.0. The molecule has 4 saturated carbocycles. The Morgan fingerprint density at radius 3 is 2.55 bits per heavy atom. The highest BCUT2D eigenvalue weighted by molar-refractivity contribution is 5.71. The van der Waals surface area contributed by atoms with E-state index in [-0.39, 0.29) is 11.3 Å². The molecular formula is C23H40N2O4. The van der Waals surface area contributed by atoms with Crippen LogP contribution in [0.1, 0.15) is 78.1 Å². The quantitative estimate of drug-likeness (QED) is 0.242. The maximum atomic E-state index is 12.0. The molecule has 0 amide bonds. The molecule has 4 aliphatic rings. The van der Waals surface area contributed by atoms with Crippen LogP contribution in [0.15, 0.2) is 5.16 Å². The first kappa shape index (κ1) is 21.5. The summed E-state index contributed by atoms with van der Waals surface area (Å²) in [5.74, 6) is 1.34. The van der Waals surface area contributed by atoms with Gasteiger partial charge in [-0.25, -0.2) is 0 Å². The van der Waals surface area contributed by atoms with Crippen molar-refractivity contribution < 1.29 is 20.2 Å². The third-order valence-electron chi connectivity index (χ3n) is 9.98. The van der Waals surface area contributed by atoms with Crippen LogP contribution in [-0.2, 0) is 4.74 Å². The molecule has 0 unspecified atom stereocenters. The SMILES string of the molecule is C[C@]12CC[C@H](OCCCN)C[C@H]1CC[C@@H]1[C@@H]2CC[C@]2(C)[C@@](O)(/C=N/O)CC[C@]12O. The number of nitrogens with two attached hydrogens (primary N) is 1. The Morgan fingerprint density at radius 1 is 1.03 bits per heavy atom. The molecule has 0 heterocycles. The van der Waals surface area contributed by atoms with Crippen molar-refractivity contribution >= 4 is 6.21 Å². The molecule has 6 nitrogen and oxygen atoms in total. The van der Waals surface area contributed by atoms with E-state index in [1.54, 1.807) is 0 Å². The molecule has 0 radical (unpaired) electrons. The Balaban J connectivity index is 1.54. The van der Waals surface area contributed by atoms with Crippen molar-refractivity contribution in [2.75, 3.05) is 13.2 Å². The van der Waals surface area contributed by atoms with Crippen molar-refractivity contribution in [3.05, 3.63) is 0 Å². The summed E-state index contributed by atoms with van der Waals surface area (Å²) in [6.45, 7) is 5.91. The zero-order chi connectivity index (χ0) is 20.9. The molecule has 4 rings (SSSR count). The number of oxime groups is 1. The third kappa shape index (κ3) is 3.00. The molecule has 0 aliphatic heterocycles. The number of aliphatic hydroxyl groups is 2. The number of nitrogens with zero attached hydrogens (tertiary/aromatic N) is 1. The molecule has 0 aromatic heterocycles. The van der Waals surface area contributed by atoms with Gasteiger partial charge in [0.05, 0.1) is 17.9 Å². The van der Waals surface area contributed by atoms with Crippen LogP contribution in [0.25, 0.3) is 0 Å². The number of hydrogen-bond donors (Lipinski definition) is 4. The van der Waals surface area contributed by atoms with Crippen LogP contribution in [0.5, 0.6) is 0 Å². The second-order valence-electron chi connectivity index (χ2n) is 10.9. The number of rotatable bonds is 5. The van der Waals surface area contributed by atoms with Crippen LogP contribution in [0.3, 0.4) is 0 Å². The van der Waals surface area contributed by atoms with Crippen LogP contribution in [0.2, 0.25) is 0 Å². The van der Waals surface area contributed by atoms with Crippen LogP contribution >= 0.6 is 0 Å². The van der Waals surface area contributed by atoms with E-state index < -0.39 is 16.6 Å². The summed E-state index contributed by atoms with van der Waals surface area (Å²) in [4.78, 5) is 0. The van der Waals surface area contributed by atoms with Crippen molar-refractivity contribution in [1.82, 2.24) is 0 Å². The fourth-order valence-corrected chi connectivity index (χ4v) is 8.03. The van der Waals surface area contributed by atoms with Crippen LogP contribution < -0.4 is 5.73 Å². The highest BCUT2D eigenvalue weighted by Crippen LogP contribution is 2.69. The number of hydrogen-bond acceptors (Lipinski definition) is 6. The summed E-state index contributed by atoms with van der Waals surface area (Å²) in [6.07, 6.45) is 10.9. The monoisotopic (exact) mass is 408 g/mol. The van der Waals surface area contributed by atoms with Gasteiger partial charge in [-0.3, -0.25) is 0 Å². The topological polar surface area (TPSA) is 108 Å². The van der Waals surface area contributed by atoms with E-state index in [9.17, 15) is 10.2 Å². The van der Waals surface area contributed by atoms with Gasteiger partial charge in [0, 0.05) is 12.0 Å². The van der Waals surface area contributed by atoms with Crippen LogP contribution in [0, 0.1) is 28.6 Å². The summed E-state index contributed by atoms with van der Waals surface area (Å²) in [7, 11) is 0. The van der Waals surface area contributed by atoms with Gasteiger partial charge < -0.3 is 25.9 Å². The second-order valence-corrected chi connectivity index (χ2v) is 10.9. The van der Waals surface area contributed by atoms with Crippen molar-refractivity contribution in [3.8, 4) is 0 Å². The minimum atomic E-state index is -1.23. The average molecular weight is 409 g/mol. The standard InChI is InChI=1S/C23H40N2O4/c1-20-8-6-17(29-13-3-12-24)14-16(20)4-5-19-18(20)7-9-21(2)22(26,15-25-28)10-11-23(19,21)27/h15-19,26-28H,3-14,24H2,1-2H3/b25-15+/t16-,17+,18+,19-,20+,21-,22+,23+/m1/s1. The highest BCUT2D eigenvalue weighted by atomic mass is 16.5. The van der Waals surface area contributed by atoms with Crippen molar-refractivity contribution in [2.24, 2.45) is 39.5 Å². The lowest BCUT2D eigenvalue weighted by Crippen LogP contribution is -2.65. The normalized spacial score (nSPS) is 52.2. The lowest BCUT2D eigenvalue weighted by Gasteiger charge is -2.64. The maximum Gasteiger partial charge on any atom is 0.111 e. The summed E-state index contributed by atoms with van der Waals surface area (Å²) in [6, 6.07) is 0. The average Bonchev–Trinajstić information content (AvgIpc) is 2.90. The van der Waals surface area contributed by atoms with Crippen molar-refractivity contribution in [2.45, 2.75) is 95.4 Å². The van der Waals surface area contributed by atoms with Crippen LogP contribution in [-0.4, -0.2) is 52.1 Å². The minimum Gasteiger partial charge on any atom is -0.411 e. The van der Waals surface area contributed by atoms with Gasteiger partial charge in [0.15, 0.2) is 0 Å². The Morgan fingerprint density at radius 2 is 1.83 bits per heavy atom. The lowest BCUT2D eigenvalue weighted by molar-refractivity contribution is -0.225. The first-order chi connectivity index (χ1) is 13.7. The second kappa shape index (κ2) is 7.47. The molecule has 166 valence electrons. The molecule has 4 aliphatic carbocycles. The lowest BCUT2D eigenvalue weighted by atomic mass is 9.43. The van der Waals surface area contributed by atoms with E-state index in [4.69, 9.17) is 15.7 Å². The van der Waals surface area contributed by atoms with Gasteiger partial charge in [-0.2, -0.15) is 0 Å². The summed E-state index contributed by atoms with van der Waals surface area (Å²) in [5, 5.41) is 35.5. The Labute approximate surface area is 174 Å². The van der Waals surface area contributed by atoms with E-state index in [1.807, 2.05) is 6.92 Å². The fraction of sp³-hybridized carbons (Fsp3) is 0.957. The van der Waals surface area contributed by atoms with Gasteiger partial charge in [-0.05, 0) is 93.9 Å². The highest BCUT2D eigenvalue weighted by Gasteiger charge is 2.71. The third-order valence-corrected chi connectivity index (χ3v) is 9.98. The molecule has 5 N–H and O–H groups in total. The zero-order valence-corrected chi connectivity index (χ0v) is 18.1. The largest absolute Gasteiger partial charge is 0.411 e. The Kier molecular flexibility index (Phi) is 5.55. The van der Waals surface area contributed by atoms with Gasteiger partial charge in [0.25, 0.3) is 0 Å². The molecule has 4 fully saturated rings. The van der Waals surface area contributed by atoms with E-state index in [2.05, 4.69) is 12.1 Å². The van der Waals surface area contributed by atoms with Crippen molar-refractivity contribution in [1.29, 1.82) is 0 Å². The fourth-order valence-electron chi connectivity index (χ4n) is 8.03. The van der Waals surface area contributed by atoms with Gasteiger partial charge >= 0.3 is 0 Å². The predicted octanol–water partition coefficient (Wildman–Crippen LogP) is 3.07. The molecular weight excluding hydrogens is 368 g/mol. The van der Waals surface area contributed by atoms with E-state index >= 15 is 0 Å². The van der Waals surface area contributed by atoms with Gasteiger partial charge in [0.1, 0.15) is 5.60 Å². The van der Waals surface area contributed by atoms with Gasteiger partial charge in [0.2, 0.25) is 0 Å². The van der Waals surface area contributed by atoms with Gasteiger partial charge in [-0.1, -0.05) is 19.0 Å². The summed E-state index contributed by atoms with van der Waals surface area (Å²) < 4.78 is 6.11. The molecule has 0 aromatic carbocycles. The zero-order valence-electron chi connectivity index (χ0n) is 18.1. The molecule has 29 heavy (non-hydrogen) atoms. The molecule has 6 heteroatoms.